The Labute approximate surface area is 97.0 Å². The molecule has 1 aliphatic rings. The molecule has 2 amide bonds. The molecule has 1 heterocycles. The molecule has 0 aromatic carbocycles. The summed E-state index contributed by atoms with van der Waals surface area (Å²) in [5, 5.41) is 14.6. The summed E-state index contributed by atoms with van der Waals surface area (Å²) in [5.74, 6) is 0. The molecule has 1 rings (SSSR count). The number of aliphatic hydroxyl groups is 1. The van der Waals surface area contributed by atoms with Gasteiger partial charge in [0.05, 0.1) is 12.1 Å². The maximum atomic E-state index is 11.9. The second kappa shape index (κ2) is 5.09. The third-order valence-electron chi connectivity index (χ3n) is 2.54. The van der Waals surface area contributed by atoms with Crippen LogP contribution in [0, 0.1) is 0 Å². The molecule has 1 saturated heterocycles. The van der Waals surface area contributed by atoms with Crippen LogP contribution in [-0.2, 0) is 0 Å². The first-order valence-corrected chi connectivity index (χ1v) is 5.21. The van der Waals surface area contributed by atoms with Crippen LogP contribution in [0.3, 0.4) is 0 Å². The van der Waals surface area contributed by atoms with E-state index in [1.54, 1.807) is 5.32 Å². The van der Waals surface area contributed by atoms with Gasteiger partial charge in [-0.2, -0.15) is 13.2 Å². The van der Waals surface area contributed by atoms with E-state index in [9.17, 15) is 23.1 Å². The van der Waals surface area contributed by atoms with Crippen molar-refractivity contribution >= 4 is 6.03 Å². The van der Waals surface area contributed by atoms with Gasteiger partial charge in [0.1, 0.15) is 6.54 Å². The Morgan fingerprint density at radius 1 is 1.59 bits per heavy atom. The van der Waals surface area contributed by atoms with Gasteiger partial charge < -0.3 is 20.6 Å². The largest absolute Gasteiger partial charge is 0.405 e. The number of carbonyl (C=O) groups is 1. The number of nitrogens with zero attached hydrogens (tertiary/aromatic N) is 1. The fourth-order valence-corrected chi connectivity index (χ4v) is 1.69. The van der Waals surface area contributed by atoms with Gasteiger partial charge >= 0.3 is 12.2 Å². The molecule has 0 spiro atoms. The van der Waals surface area contributed by atoms with Crippen molar-refractivity contribution in [2.24, 2.45) is 0 Å². The maximum Gasteiger partial charge on any atom is 0.405 e. The summed E-state index contributed by atoms with van der Waals surface area (Å²) >= 11 is 0. The first-order chi connectivity index (χ1) is 7.72. The van der Waals surface area contributed by atoms with Crippen LogP contribution in [-0.4, -0.2) is 61.0 Å². The number of nitrogens with one attached hydrogen (secondary N) is 2. The fourth-order valence-electron chi connectivity index (χ4n) is 1.69. The summed E-state index contributed by atoms with van der Waals surface area (Å²) < 4.78 is 35.6. The molecule has 5 nitrogen and oxygen atoms in total. The van der Waals surface area contributed by atoms with Crippen LogP contribution in [0.25, 0.3) is 0 Å². The highest BCUT2D eigenvalue weighted by molar-refractivity contribution is 5.73. The van der Waals surface area contributed by atoms with E-state index in [4.69, 9.17) is 0 Å². The number of urea groups is 1. The Bertz CT molecular complexity index is 277. The number of rotatable bonds is 3. The van der Waals surface area contributed by atoms with Crippen molar-refractivity contribution in [3.05, 3.63) is 0 Å². The smallest absolute Gasteiger partial charge is 0.387 e. The summed E-state index contributed by atoms with van der Waals surface area (Å²) in [6.07, 6.45) is -3.95. The summed E-state index contributed by atoms with van der Waals surface area (Å²) in [6.45, 7) is -0.394. The van der Waals surface area contributed by atoms with Gasteiger partial charge in [-0.25, -0.2) is 4.79 Å². The Hall–Kier alpha value is -1.02. The average molecular weight is 255 g/mol. The number of carbonyl (C=O) groups excluding carboxylic acids is 1. The van der Waals surface area contributed by atoms with E-state index in [-0.39, 0.29) is 6.54 Å². The average Bonchev–Trinajstić information content (AvgIpc) is 2.60. The van der Waals surface area contributed by atoms with Crippen LogP contribution in [0.1, 0.15) is 6.42 Å². The van der Waals surface area contributed by atoms with Crippen molar-refractivity contribution in [3.63, 3.8) is 0 Å². The zero-order valence-corrected chi connectivity index (χ0v) is 9.47. The highest BCUT2D eigenvalue weighted by Gasteiger charge is 2.34. The van der Waals surface area contributed by atoms with Crippen LogP contribution < -0.4 is 10.6 Å². The first kappa shape index (κ1) is 14.0. The molecule has 8 heteroatoms. The predicted molar refractivity (Wildman–Crippen MR) is 54.5 cm³/mol. The van der Waals surface area contributed by atoms with Crippen LogP contribution in [0.4, 0.5) is 18.0 Å². The third kappa shape index (κ3) is 4.78. The normalized spacial score (nSPS) is 24.8. The Balaban J connectivity index is 2.36. The lowest BCUT2D eigenvalue weighted by Gasteiger charge is -2.28. The summed E-state index contributed by atoms with van der Waals surface area (Å²) in [5.41, 5.74) is -1.05. The predicted octanol–water partition coefficient (Wildman–Crippen LogP) is -0.0855. The molecule has 0 radical (unpaired) electrons. The second-order valence-electron chi connectivity index (χ2n) is 4.28. The quantitative estimate of drug-likeness (QED) is 0.660. The summed E-state index contributed by atoms with van der Waals surface area (Å²) in [4.78, 5) is 12.4. The summed E-state index contributed by atoms with van der Waals surface area (Å²) in [7, 11) is 1.35. The van der Waals surface area contributed by atoms with Gasteiger partial charge in [-0.3, -0.25) is 0 Å². The Kier molecular flexibility index (Phi) is 4.21. The van der Waals surface area contributed by atoms with Gasteiger partial charge in [0, 0.05) is 13.6 Å². The summed E-state index contributed by atoms with van der Waals surface area (Å²) in [6, 6.07) is -0.845. The van der Waals surface area contributed by atoms with E-state index in [0.717, 1.165) is 4.90 Å². The zero-order chi connectivity index (χ0) is 13.1. The molecule has 1 unspecified atom stereocenters. The topological polar surface area (TPSA) is 64.6 Å². The van der Waals surface area contributed by atoms with Crippen LogP contribution >= 0.6 is 0 Å². The maximum absolute atomic E-state index is 11.9. The van der Waals surface area contributed by atoms with Crippen molar-refractivity contribution in [3.8, 4) is 0 Å². The molecular weight excluding hydrogens is 239 g/mol. The second-order valence-corrected chi connectivity index (χ2v) is 4.28. The van der Waals surface area contributed by atoms with Crippen LogP contribution in [0.2, 0.25) is 0 Å². The number of amides is 2. The number of alkyl halides is 3. The molecule has 0 saturated carbocycles. The third-order valence-corrected chi connectivity index (χ3v) is 2.54. The van der Waals surface area contributed by atoms with E-state index in [1.165, 1.54) is 7.05 Å². The van der Waals surface area contributed by atoms with Gasteiger partial charge in [0.15, 0.2) is 0 Å². The molecule has 17 heavy (non-hydrogen) atoms. The Morgan fingerprint density at radius 2 is 2.24 bits per heavy atom. The molecular formula is C9H16F3N3O2. The number of hydrogen-bond donors (Lipinski definition) is 3. The lowest BCUT2D eigenvalue weighted by molar-refractivity contribution is -0.123. The monoisotopic (exact) mass is 255 g/mol. The molecule has 1 fully saturated rings. The highest BCUT2D eigenvalue weighted by Crippen LogP contribution is 2.16. The van der Waals surface area contributed by atoms with Gasteiger partial charge in [-0.05, 0) is 13.0 Å². The van der Waals surface area contributed by atoms with Crippen LogP contribution in [0.15, 0.2) is 0 Å². The van der Waals surface area contributed by atoms with Crippen molar-refractivity contribution in [2.75, 3.05) is 33.2 Å². The van der Waals surface area contributed by atoms with E-state index < -0.39 is 24.4 Å². The SMILES string of the molecule is CN(CC1(O)CCNC1)C(=O)NCC(F)(F)F. The fraction of sp³-hybridized carbons (Fsp3) is 0.889. The van der Waals surface area contributed by atoms with Gasteiger partial charge in [-0.1, -0.05) is 0 Å². The van der Waals surface area contributed by atoms with Crippen molar-refractivity contribution in [1.29, 1.82) is 0 Å². The van der Waals surface area contributed by atoms with Gasteiger partial charge in [-0.15, -0.1) is 0 Å². The Morgan fingerprint density at radius 3 is 2.71 bits per heavy atom. The number of hydrogen-bond acceptors (Lipinski definition) is 3. The molecule has 0 aromatic rings. The van der Waals surface area contributed by atoms with Crippen molar-refractivity contribution in [2.45, 2.75) is 18.2 Å². The first-order valence-electron chi connectivity index (χ1n) is 5.21. The van der Waals surface area contributed by atoms with Crippen molar-refractivity contribution in [1.82, 2.24) is 15.5 Å². The number of β-amino-alcohol motifs (C(OH)–C–C–N with tert-alkyl or cyclic N) is 1. The van der Waals surface area contributed by atoms with Gasteiger partial charge in [0.2, 0.25) is 0 Å². The molecule has 1 atom stereocenters. The minimum Gasteiger partial charge on any atom is -0.387 e. The molecule has 1 aliphatic heterocycles. The van der Waals surface area contributed by atoms with E-state index in [2.05, 4.69) is 5.32 Å². The minimum absolute atomic E-state index is 0.00366. The van der Waals surface area contributed by atoms with Crippen molar-refractivity contribution < 1.29 is 23.1 Å². The van der Waals surface area contributed by atoms with E-state index >= 15 is 0 Å². The number of halogens is 3. The molecule has 0 bridgehead atoms. The van der Waals surface area contributed by atoms with Crippen LogP contribution in [0.5, 0.6) is 0 Å². The highest BCUT2D eigenvalue weighted by atomic mass is 19.4. The van der Waals surface area contributed by atoms with E-state index in [0.29, 0.717) is 19.5 Å². The minimum atomic E-state index is -4.43. The molecule has 100 valence electrons. The molecule has 0 aromatic heterocycles. The molecule has 0 aliphatic carbocycles. The number of likely N-dealkylation sites (N-methyl/N-ethyl adjacent to an activating group) is 1. The molecule has 3 N–H and O–H groups in total. The van der Waals surface area contributed by atoms with E-state index in [1.807, 2.05) is 0 Å². The lowest BCUT2D eigenvalue weighted by Crippen LogP contribution is -2.49. The van der Waals surface area contributed by atoms with Gasteiger partial charge in [0.25, 0.3) is 0 Å². The lowest BCUT2D eigenvalue weighted by atomic mass is 10.0. The standard InChI is InChI=1S/C9H16F3N3O2/c1-15(6-8(17)2-3-13-4-8)7(16)14-5-9(10,11)12/h13,17H,2-6H2,1H3,(H,14,16). The zero-order valence-electron chi connectivity index (χ0n) is 9.47.